The third kappa shape index (κ3) is 4.84. The first-order chi connectivity index (χ1) is 9.72. The fraction of sp³-hybridized carbons (Fsp3) is 0.462. The third-order valence-corrected chi connectivity index (χ3v) is 2.92. The second-order valence-corrected chi connectivity index (χ2v) is 4.50. The molecule has 9 heteroatoms. The van der Waals surface area contributed by atoms with E-state index in [4.69, 9.17) is 5.73 Å². The predicted molar refractivity (Wildman–Crippen MR) is 76.5 cm³/mol. The van der Waals surface area contributed by atoms with E-state index < -0.39 is 30.3 Å². The summed E-state index contributed by atoms with van der Waals surface area (Å²) in [5.74, 6) is -0.838. The molecule has 126 valence electrons. The number of carbonyl (C=O) groups excluding carboxylic acids is 1. The number of hydrogen-bond acceptors (Lipinski definition) is 4. The van der Waals surface area contributed by atoms with Crippen LogP contribution in [-0.4, -0.2) is 43.5 Å². The number of rotatable bonds is 6. The lowest BCUT2D eigenvalue weighted by molar-refractivity contribution is -0.264. The van der Waals surface area contributed by atoms with Crippen molar-refractivity contribution in [1.29, 1.82) is 0 Å². The number of benzene rings is 1. The SMILES string of the molecule is COCC(N)C(=O)NCC(O)(c1ccccc1)C(F)(F)F.Cl. The zero-order chi connectivity index (χ0) is 16.1. The van der Waals surface area contributed by atoms with Gasteiger partial charge in [-0.3, -0.25) is 4.79 Å². The molecular formula is C13H18ClF3N2O3. The van der Waals surface area contributed by atoms with Gasteiger partial charge in [-0.1, -0.05) is 30.3 Å². The average Bonchev–Trinajstić information content (AvgIpc) is 2.44. The molecular weight excluding hydrogens is 325 g/mol. The summed E-state index contributed by atoms with van der Waals surface area (Å²) in [5, 5.41) is 12.0. The first-order valence-electron chi connectivity index (χ1n) is 6.09. The summed E-state index contributed by atoms with van der Waals surface area (Å²) in [6, 6.07) is 5.41. The van der Waals surface area contributed by atoms with Crippen LogP contribution >= 0.6 is 12.4 Å². The minimum absolute atomic E-state index is 0. The van der Waals surface area contributed by atoms with Crippen LogP contribution in [0.3, 0.4) is 0 Å². The van der Waals surface area contributed by atoms with Crippen molar-refractivity contribution in [3.8, 4) is 0 Å². The molecule has 0 aliphatic rings. The number of nitrogens with one attached hydrogen (secondary N) is 1. The van der Waals surface area contributed by atoms with Crippen molar-refractivity contribution in [3.63, 3.8) is 0 Å². The van der Waals surface area contributed by atoms with Crippen molar-refractivity contribution in [3.05, 3.63) is 35.9 Å². The first-order valence-corrected chi connectivity index (χ1v) is 6.09. The van der Waals surface area contributed by atoms with Crippen LogP contribution in [0, 0.1) is 0 Å². The van der Waals surface area contributed by atoms with E-state index in [2.05, 4.69) is 4.74 Å². The highest BCUT2D eigenvalue weighted by Gasteiger charge is 2.55. The average molecular weight is 343 g/mol. The number of hydrogen-bond donors (Lipinski definition) is 3. The van der Waals surface area contributed by atoms with Crippen molar-refractivity contribution in [1.82, 2.24) is 5.32 Å². The van der Waals surface area contributed by atoms with Gasteiger partial charge in [-0.15, -0.1) is 12.4 Å². The maximum atomic E-state index is 13.1. The van der Waals surface area contributed by atoms with E-state index in [9.17, 15) is 23.1 Å². The Kier molecular flexibility index (Phi) is 7.82. The van der Waals surface area contributed by atoms with Crippen LogP contribution in [0.2, 0.25) is 0 Å². The van der Waals surface area contributed by atoms with E-state index in [1.165, 1.54) is 25.3 Å². The molecule has 5 nitrogen and oxygen atoms in total. The summed E-state index contributed by atoms with van der Waals surface area (Å²) in [5.41, 5.74) is 1.86. The van der Waals surface area contributed by atoms with Gasteiger partial charge in [0.2, 0.25) is 11.5 Å². The normalized spacial score (nSPS) is 15.4. The maximum Gasteiger partial charge on any atom is 0.423 e. The van der Waals surface area contributed by atoms with E-state index in [0.717, 1.165) is 12.1 Å². The number of amides is 1. The Balaban J connectivity index is 0.00000441. The van der Waals surface area contributed by atoms with Crippen LogP contribution in [0.25, 0.3) is 0 Å². The molecule has 1 aromatic rings. The smallest absolute Gasteiger partial charge is 0.383 e. The number of carbonyl (C=O) groups is 1. The molecule has 0 radical (unpaired) electrons. The van der Waals surface area contributed by atoms with Gasteiger partial charge in [0.05, 0.1) is 13.2 Å². The number of methoxy groups -OCH3 is 1. The van der Waals surface area contributed by atoms with Crippen molar-refractivity contribution in [2.45, 2.75) is 17.8 Å². The molecule has 1 amide bonds. The minimum Gasteiger partial charge on any atom is -0.383 e. The zero-order valence-electron chi connectivity index (χ0n) is 11.8. The molecule has 0 heterocycles. The maximum absolute atomic E-state index is 13.1. The van der Waals surface area contributed by atoms with E-state index in [0.29, 0.717) is 0 Å². The molecule has 0 aromatic heterocycles. The molecule has 22 heavy (non-hydrogen) atoms. The van der Waals surface area contributed by atoms with Gasteiger partial charge in [-0.05, 0) is 5.56 Å². The molecule has 0 saturated heterocycles. The number of alkyl halides is 3. The lowest BCUT2D eigenvalue weighted by atomic mass is 9.93. The Morgan fingerprint density at radius 3 is 2.36 bits per heavy atom. The largest absolute Gasteiger partial charge is 0.423 e. The van der Waals surface area contributed by atoms with Gasteiger partial charge < -0.3 is 20.9 Å². The van der Waals surface area contributed by atoms with Crippen LogP contribution in [0.1, 0.15) is 5.56 Å². The minimum atomic E-state index is -4.95. The Hall–Kier alpha value is -1.35. The summed E-state index contributed by atoms with van der Waals surface area (Å²) in [6.45, 7) is -1.17. The van der Waals surface area contributed by atoms with E-state index in [1.807, 2.05) is 5.32 Å². The Morgan fingerprint density at radius 2 is 1.91 bits per heavy atom. The van der Waals surface area contributed by atoms with Crippen molar-refractivity contribution >= 4 is 18.3 Å². The molecule has 2 unspecified atom stereocenters. The molecule has 0 spiro atoms. The van der Waals surface area contributed by atoms with E-state index >= 15 is 0 Å². The van der Waals surface area contributed by atoms with Gasteiger partial charge in [0.1, 0.15) is 6.04 Å². The molecule has 1 rings (SSSR count). The Labute approximate surface area is 132 Å². The standard InChI is InChI=1S/C13H17F3N2O3.ClH/c1-21-7-10(17)11(19)18-8-12(20,13(14,15)16)9-5-3-2-4-6-9;/h2-6,10,20H,7-8,17H2,1H3,(H,18,19);1H. The molecule has 0 aliphatic heterocycles. The van der Waals surface area contributed by atoms with Crippen LogP contribution < -0.4 is 11.1 Å². The Morgan fingerprint density at radius 1 is 1.36 bits per heavy atom. The fourth-order valence-corrected chi connectivity index (χ4v) is 1.68. The van der Waals surface area contributed by atoms with E-state index in [1.54, 1.807) is 0 Å². The highest BCUT2D eigenvalue weighted by Crippen LogP contribution is 2.38. The highest BCUT2D eigenvalue weighted by molar-refractivity contribution is 5.85. The lowest BCUT2D eigenvalue weighted by Gasteiger charge is -2.31. The van der Waals surface area contributed by atoms with Crippen LogP contribution in [0.5, 0.6) is 0 Å². The Bertz CT molecular complexity index is 473. The monoisotopic (exact) mass is 342 g/mol. The summed E-state index contributed by atoms with van der Waals surface area (Å²) in [6.07, 6.45) is -4.95. The van der Waals surface area contributed by atoms with Gasteiger partial charge in [-0.2, -0.15) is 13.2 Å². The number of halogens is 4. The predicted octanol–water partition coefficient (Wildman–Crippen LogP) is 0.948. The molecule has 0 aliphatic carbocycles. The van der Waals surface area contributed by atoms with Crippen LogP contribution in [0.15, 0.2) is 30.3 Å². The summed E-state index contributed by atoms with van der Waals surface area (Å²) < 4.78 is 44.0. The molecule has 1 aromatic carbocycles. The van der Waals surface area contributed by atoms with Crippen LogP contribution in [0.4, 0.5) is 13.2 Å². The lowest BCUT2D eigenvalue weighted by Crippen LogP contribution is -2.54. The van der Waals surface area contributed by atoms with Gasteiger partial charge in [0.25, 0.3) is 0 Å². The van der Waals surface area contributed by atoms with Crippen molar-refractivity contribution in [2.24, 2.45) is 5.73 Å². The van der Waals surface area contributed by atoms with Gasteiger partial charge in [0, 0.05) is 7.11 Å². The first kappa shape index (κ1) is 20.6. The van der Waals surface area contributed by atoms with Crippen molar-refractivity contribution < 1.29 is 27.8 Å². The molecule has 0 bridgehead atoms. The summed E-state index contributed by atoms with van der Waals surface area (Å²) >= 11 is 0. The fourth-order valence-electron chi connectivity index (χ4n) is 1.68. The molecule has 4 N–H and O–H groups in total. The number of nitrogens with two attached hydrogens (primary N) is 1. The summed E-state index contributed by atoms with van der Waals surface area (Å²) in [7, 11) is 1.31. The second-order valence-electron chi connectivity index (χ2n) is 4.50. The zero-order valence-corrected chi connectivity index (χ0v) is 12.6. The second kappa shape index (κ2) is 8.33. The quantitative estimate of drug-likeness (QED) is 0.718. The molecule has 0 fully saturated rings. The highest BCUT2D eigenvalue weighted by atomic mass is 35.5. The molecule has 2 atom stereocenters. The topological polar surface area (TPSA) is 84.6 Å². The summed E-state index contributed by atoms with van der Waals surface area (Å²) in [4.78, 5) is 11.5. The van der Waals surface area contributed by atoms with Crippen molar-refractivity contribution in [2.75, 3.05) is 20.3 Å². The van der Waals surface area contributed by atoms with Crippen LogP contribution in [-0.2, 0) is 15.1 Å². The molecule has 0 saturated carbocycles. The van der Waals surface area contributed by atoms with Gasteiger partial charge >= 0.3 is 6.18 Å². The van der Waals surface area contributed by atoms with Gasteiger partial charge in [0.15, 0.2) is 0 Å². The number of ether oxygens (including phenoxy) is 1. The number of aliphatic hydroxyl groups is 1. The van der Waals surface area contributed by atoms with Gasteiger partial charge in [-0.25, -0.2) is 0 Å². The third-order valence-electron chi connectivity index (χ3n) is 2.92. The van der Waals surface area contributed by atoms with E-state index in [-0.39, 0.29) is 24.6 Å².